The molecule has 4 N–H and O–H groups in total. The average molecular weight is 282 g/mol. The molecule has 0 radical (unpaired) electrons. The van der Waals surface area contributed by atoms with E-state index in [1.165, 1.54) is 11.0 Å². The predicted molar refractivity (Wildman–Crippen MR) is 72.9 cm³/mol. The quantitative estimate of drug-likeness (QED) is 0.607. The first-order valence-corrected chi connectivity index (χ1v) is 6.11. The van der Waals surface area contributed by atoms with Crippen LogP contribution in [-0.2, 0) is 0 Å². The highest BCUT2D eigenvalue weighted by molar-refractivity contribution is 6.01. The molecule has 0 aliphatic rings. The van der Waals surface area contributed by atoms with Crippen molar-refractivity contribution in [2.75, 3.05) is 31.6 Å². The number of benzene rings is 1. The summed E-state index contributed by atoms with van der Waals surface area (Å²) in [5, 5.41) is 29.4. The monoisotopic (exact) mass is 282 g/mol. The zero-order valence-corrected chi connectivity index (χ0v) is 11.2. The van der Waals surface area contributed by atoms with E-state index in [1.807, 2.05) is 0 Å². The molecule has 0 atom stereocenters. The van der Waals surface area contributed by atoms with Gasteiger partial charge >= 0.3 is 12.0 Å². The van der Waals surface area contributed by atoms with Gasteiger partial charge < -0.3 is 25.5 Å². The molecule has 0 saturated heterocycles. The van der Waals surface area contributed by atoms with E-state index in [9.17, 15) is 9.59 Å². The van der Waals surface area contributed by atoms with E-state index in [0.29, 0.717) is 5.56 Å². The molecule has 0 aliphatic heterocycles. The zero-order valence-electron chi connectivity index (χ0n) is 11.2. The van der Waals surface area contributed by atoms with Crippen molar-refractivity contribution in [3.63, 3.8) is 0 Å². The normalized spacial score (nSPS) is 10.2. The topological polar surface area (TPSA) is 110 Å². The summed E-state index contributed by atoms with van der Waals surface area (Å²) < 4.78 is 0. The molecule has 7 nitrogen and oxygen atoms in total. The Balaban J connectivity index is 2.94. The van der Waals surface area contributed by atoms with Gasteiger partial charge in [-0.15, -0.1) is 0 Å². The predicted octanol–water partition coefficient (Wildman–Crippen LogP) is 0.512. The molecule has 0 aliphatic carbocycles. The highest BCUT2D eigenvalue weighted by Crippen LogP contribution is 2.19. The molecule has 0 aromatic heterocycles. The van der Waals surface area contributed by atoms with Gasteiger partial charge in [0.2, 0.25) is 0 Å². The van der Waals surface area contributed by atoms with Gasteiger partial charge in [-0.1, -0.05) is 12.1 Å². The van der Waals surface area contributed by atoms with Gasteiger partial charge in [0, 0.05) is 13.1 Å². The second-order valence-corrected chi connectivity index (χ2v) is 4.17. The number of rotatable bonds is 6. The largest absolute Gasteiger partial charge is 0.478 e. The Bertz CT molecular complexity index is 484. The summed E-state index contributed by atoms with van der Waals surface area (Å²) in [6.07, 6.45) is 0. The maximum absolute atomic E-state index is 12.0. The van der Waals surface area contributed by atoms with E-state index >= 15 is 0 Å². The number of carboxylic acid groups (broad SMARTS) is 1. The number of nitrogens with zero attached hydrogens (tertiary/aromatic N) is 1. The maximum atomic E-state index is 12.0. The molecule has 1 rings (SSSR count). The van der Waals surface area contributed by atoms with Crippen LogP contribution in [0.15, 0.2) is 18.2 Å². The molecular weight excluding hydrogens is 264 g/mol. The fourth-order valence-electron chi connectivity index (χ4n) is 1.81. The van der Waals surface area contributed by atoms with Crippen molar-refractivity contribution < 1.29 is 24.9 Å². The van der Waals surface area contributed by atoms with Crippen LogP contribution in [0.1, 0.15) is 15.9 Å². The van der Waals surface area contributed by atoms with Crippen LogP contribution in [0, 0.1) is 6.92 Å². The molecule has 0 bridgehead atoms. The van der Waals surface area contributed by atoms with Gasteiger partial charge in [-0.05, 0) is 18.6 Å². The molecular formula is C13H18N2O5. The first kappa shape index (κ1) is 15.9. The Kier molecular flexibility index (Phi) is 5.95. The van der Waals surface area contributed by atoms with Crippen molar-refractivity contribution in [1.82, 2.24) is 4.90 Å². The van der Waals surface area contributed by atoms with Crippen molar-refractivity contribution in [3.05, 3.63) is 29.3 Å². The molecule has 1 aromatic rings. The lowest BCUT2D eigenvalue weighted by molar-refractivity contribution is 0.0697. The van der Waals surface area contributed by atoms with E-state index in [0.717, 1.165) is 0 Å². The van der Waals surface area contributed by atoms with Crippen LogP contribution >= 0.6 is 0 Å². The number of anilines is 1. The van der Waals surface area contributed by atoms with Crippen LogP contribution in [0.25, 0.3) is 0 Å². The number of amides is 2. The Morgan fingerprint density at radius 2 is 1.80 bits per heavy atom. The summed E-state index contributed by atoms with van der Waals surface area (Å²) in [4.78, 5) is 24.4. The minimum absolute atomic E-state index is 0.0220. The number of aromatic carboxylic acids is 1. The number of carboxylic acids is 1. The standard InChI is InChI=1S/C13H18N2O5/c1-9-3-2-4-10(11(9)12(18)19)14-13(20)15(5-7-16)6-8-17/h2-4,16-17H,5-8H2,1H3,(H,14,20)(H,18,19). The van der Waals surface area contributed by atoms with Crippen LogP contribution in [0.3, 0.4) is 0 Å². The summed E-state index contributed by atoms with van der Waals surface area (Å²) in [7, 11) is 0. The van der Waals surface area contributed by atoms with E-state index < -0.39 is 12.0 Å². The SMILES string of the molecule is Cc1cccc(NC(=O)N(CCO)CCO)c1C(=O)O. The Morgan fingerprint density at radius 3 is 2.30 bits per heavy atom. The smallest absolute Gasteiger partial charge is 0.338 e. The van der Waals surface area contributed by atoms with E-state index in [1.54, 1.807) is 19.1 Å². The average Bonchev–Trinajstić information content (AvgIpc) is 2.38. The number of aliphatic hydroxyl groups excluding tert-OH is 2. The van der Waals surface area contributed by atoms with Gasteiger partial charge in [-0.25, -0.2) is 9.59 Å². The lowest BCUT2D eigenvalue weighted by Gasteiger charge is -2.22. The summed E-state index contributed by atoms with van der Waals surface area (Å²) in [5.74, 6) is -1.13. The van der Waals surface area contributed by atoms with Gasteiger partial charge in [0.1, 0.15) is 0 Å². The molecule has 20 heavy (non-hydrogen) atoms. The third kappa shape index (κ3) is 3.94. The molecule has 0 fully saturated rings. The van der Waals surface area contributed by atoms with Gasteiger partial charge in [-0.2, -0.15) is 0 Å². The Labute approximate surface area is 116 Å². The molecule has 110 valence electrons. The second kappa shape index (κ2) is 7.46. The van der Waals surface area contributed by atoms with Crippen molar-refractivity contribution in [1.29, 1.82) is 0 Å². The number of aryl methyl sites for hydroxylation is 1. The first-order chi connectivity index (χ1) is 9.51. The van der Waals surface area contributed by atoms with E-state index in [4.69, 9.17) is 15.3 Å². The molecule has 7 heteroatoms. The molecule has 0 unspecified atom stereocenters. The molecule has 0 heterocycles. The summed E-state index contributed by atoms with van der Waals surface area (Å²) >= 11 is 0. The maximum Gasteiger partial charge on any atom is 0.338 e. The van der Waals surface area contributed by atoms with Crippen LogP contribution in [0.2, 0.25) is 0 Å². The second-order valence-electron chi connectivity index (χ2n) is 4.17. The number of hydrogen-bond acceptors (Lipinski definition) is 4. The van der Waals surface area contributed by atoms with Crippen LogP contribution in [0.4, 0.5) is 10.5 Å². The van der Waals surface area contributed by atoms with Crippen molar-refractivity contribution >= 4 is 17.7 Å². The summed E-state index contributed by atoms with van der Waals surface area (Å²) in [6, 6.07) is 4.20. The van der Waals surface area contributed by atoms with Crippen LogP contribution in [0.5, 0.6) is 0 Å². The number of carbonyl (C=O) groups excluding carboxylic acids is 1. The fraction of sp³-hybridized carbons (Fsp3) is 0.385. The minimum Gasteiger partial charge on any atom is -0.478 e. The Morgan fingerprint density at radius 1 is 1.20 bits per heavy atom. The van der Waals surface area contributed by atoms with Crippen molar-refractivity contribution in [2.45, 2.75) is 6.92 Å². The van der Waals surface area contributed by atoms with Gasteiger partial charge in [0.05, 0.1) is 24.5 Å². The number of hydrogen-bond donors (Lipinski definition) is 4. The van der Waals surface area contributed by atoms with Crippen molar-refractivity contribution in [3.8, 4) is 0 Å². The molecule has 0 spiro atoms. The first-order valence-electron chi connectivity index (χ1n) is 6.11. The third-order valence-corrected chi connectivity index (χ3v) is 2.76. The van der Waals surface area contributed by atoms with Gasteiger partial charge in [0.25, 0.3) is 0 Å². The van der Waals surface area contributed by atoms with Gasteiger partial charge in [-0.3, -0.25) is 0 Å². The highest BCUT2D eigenvalue weighted by atomic mass is 16.4. The zero-order chi connectivity index (χ0) is 15.1. The Hall–Kier alpha value is -2.12. The lowest BCUT2D eigenvalue weighted by Crippen LogP contribution is -2.39. The minimum atomic E-state index is -1.13. The number of aliphatic hydroxyl groups is 2. The highest BCUT2D eigenvalue weighted by Gasteiger charge is 2.18. The summed E-state index contributed by atoms with van der Waals surface area (Å²) in [6.45, 7) is 1.26. The fourth-order valence-corrected chi connectivity index (χ4v) is 1.81. The number of urea groups is 1. The lowest BCUT2D eigenvalue weighted by atomic mass is 10.1. The molecule has 1 aromatic carbocycles. The van der Waals surface area contributed by atoms with E-state index in [-0.39, 0.29) is 37.6 Å². The number of nitrogens with one attached hydrogen (secondary N) is 1. The van der Waals surface area contributed by atoms with Crippen LogP contribution < -0.4 is 5.32 Å². The summed E-state index contributed by atoms with van der Waals surface area (Å²) in [5.41, 5.74) is 0.739. The van der Waals surface area contributed by atoms with E-state index in [2.05, 4.69) is 5.32 Å². The third-order valence-electron chi connectivity index (χ3n) is 2.76. The van der Waals surface area contributed by atoms with Crippen LogP contribution in [-0.4, -0.2) is 58.5 Å². The van der Waals surface area contributed by atoms with Gasteiger partial charge in [0.15, 0.2) is 0 Å². The van der Waals surface area contributed by atoms with Crippen molar-refractivity contribution in [2.24, 2.45) is 0 Å². The molecule has 0 saturated carbocycles. The molecule has 2 amide bonds. The number of carbonyl (C=O) groups is 2.